The van der Waals surface area contributed by atoms with Crippen LogP contribution >= 0.6 is 0 Å². The van der Waals surface area contributed by atoms with E-state index in [-0.39, 0.29) is 18.3 Å². The molecule has 2 N–H and O–H groups in total. The van der Waals surface area contributed by atoms with Crippen LogP contribution in [-0.2, 0) is 17.8 Å². The Labute approximate surface area is 217 Å². The Morgan fingerprint density at radius 2 is 1.92 bits per heavy atom. The van der Waals surface area contributed by atoms with E-state index in [1.807, 2.05) is 17.0 Å². The van der Waals surface area contributed by atoms with Gasteiger partial charge in [0.25, 0.3) is 5.91 Å². The predicted octanol–water partition coefficient (Wildman–Crippen LogP) is 3.39. The highest BCUT2D eigenvalue weighted by atomic mass is 19.1. The minimum Gasteiger partial charge on any atom is -0.395 e. The first-order valence-electron chi connectivity index (χ1n) is 12.6. The first kappa shape index (κ1) is 26.7. The highest BCUT2D eigenvalue weighted by molar-refractivity contribution is 6.04. The standard InChI is InChI=1S/C29H35FN4O3/c1-5-22-16-25(30)7-6-23(22)19-31-27-18-24(29(36)33-10-8-32(9-11-33)12-14-35)17-26-20(2)21(3)34(28(26)27)13-15-37-4/h1,6-7,16-18,31,35H,8-15,19H2,2-4H3. The Kier molecular flexibility index (Phi) is 8.49. The number of methoxy groups -OCH3 is 1. The lowest BCUT2D eigenvalue weighted by Gasteiger charge is -2.34. The largest absolute Gasteiger partial charge is 0.395 e. The molecular weight excluding hydrogens is 471 g/mol. The Bertz CT molecular complexity index is 1320. The number of piperazine rings is 1. The molecule has 2 heterocycles. The second kappa shape index (κ2) is 11.8. The number of fused-ring (bicyclic) bond motifs is 1. The Morgan fingerprint density at radius 1 is 1.16 bits per heavy atom. The van der Waals surface area contributed by atoms with E-state index < -0.39 is 0 Å². The quantitative estimate of drug-likeness (QED) is 0.436. The highest BCUT2D eigenvalue weighted by Crippen LogP contribution is 2.33. The van der Waals surface area contributed by atoms with Gasteiger partial charge in [-0.3, -0.25) is 9.69 Å². The summed E-state index contributed by atoms with van der Waals surface area (Å²) in [7, 11) is 1.68. The van der Waals surface area contributed by atoms with Gasteiger partial charge < -0.3 is 24.6 Å². The predicted molar refractivity (Wildman–Crippen MR) is 144 cm³/mol. The van der Waals surface area contributed by atoms with Gasteiger partial charge in [-0.05, 0) is 49.2 Å². The molecule has 1 amide bonds. The zero-order valence-corrected chi connectivity index (χ0v) is 21.8. The smallest absolute Gasteiger partial charge is 0.254 e. The lowest BCUT2D eigenvalue weighted by Crippen LogP contribution is -2.49. The van der Waals surface area contributed by atoms with E-state index in [1.54, 1.807) is 13.2 Å². The number of aromatic nitrogens is 1. The fourth-order valence-corrected chi connectivity index (χ4v) is 5.02. The topological polar surface area (TPSA) is 70.0 Å². The van der Waals surface area contributed by atoms with Crippen LogP contribution in [0.25, 0.3) is 10.9 Å². The van der Waals surface area contributed by atoms with Crippen LogP contribution in [0.3, 0.4) is 0 Å². The van der Waals surface area contributed by atoms with Crippen LogP contribution in [0.4, 0.5) is 10.1 Å². The summed E-state index contributed by atoms with van der Waals surface area (Å²) in [5.41, 5.74) is 5.97. The SMILES string of the molecule is C#Cc1cc(F)ccc1CNc1cc(C(=O)N2CCN(CCO)CC2)cc2c(C)c(C)n(CCOC)c12. The molecule has 0 spiro atoms. The van der Waals surface area contributed by atoms with Crippen molar-refractivity contribution >= 4 is 22.5 Å². The van der Waals surface area contributed by atoms with Crippen LogP contribution in [0.15, 0.2) is 30.3 Å². The third kappa shape index (κ3) is 5.64. The molecule has 0 saturated carbocycles. The fourth-order valence-electron chi connectivity index (χ4n) is 5.02. The number of terminal acetylenes is 1. The molecule has 1 aliphatic heterocycles. The Hall–Kier alpha value is -3.38. The lowest BCUT2D eigenvalue weighted by molar-refractivity contribution is 0.0615. The first-order valence-corrected chi connectivity index (χ1v) is 12.6. The molecule has 3 aromatic rings. The number of aliphatic hydroxyl groups is 1. The average Bonchev–Trinajstić information content (AvgIpc) is 3.15. The molecular formula is C29H35FN4O3. The molecule has 7 nitrogen and oxygen atoms in total. The van der Waals surface area contributed by atoms with Crippen LogP contribution in [0.2, 0.25) is 0 Å². The number of anilines is 1. The maximum atomic E-state index is 13.7. The number of carbonyl (C=O) groups is 1. The molecule has 37 heavy (non-hydrogen) atoms. The molecule has 8 heteroatoms. The second-order valence-corrected chi connectivity index (χ2v) is 9.43. The normalized spacial score (nSPS) is 14.2. The summed E-state index contributed by atoms with van der Waals surface area (Å²) >= 11 is 0. The van der Waals surface area contributed by atoms with Crippen LogP contribution in [0.1, 0.15) is 32.7 Å². The van der Waals surface area contributed by atoms with Gasteiger partial charge in [-0.25, -0.2) is 4.39 Å². The summed E-state index contributed by atoms with van der Waals surface area (Å²) in [6.45, 7) is 9.23. The van der Waals surface area contributed by atoms with E-state index >= 15 is 0 Å². The van der Waals surface area contributed by atoms with E-state index in [0.29, 0.717) is 50.5 Å². The number of halogens is 1. The van der Waals surface area contributed by atoms with Gasteiger partial charge in [-0.15, -0.1) is 6.42 Å². The molecule has 196 valence electrons. The van der Waals surface area contributed by atoms with Gasteiger partial charge >= 0.3 is 0 Å². The second-order valence-electron chi connectivity index (χ2n) is 9.43. The molecule has 0 atom stereocenters. The summed E-state index contributed by atoms with van der Waals surface area (Å²) < 4.78 is 21.3. The van der Waals surface area contributed by atoms with E-state index in [4.69, 9.17) is 11.2 Å². The molecule has 1 aromatic heterocycles. The fraction of sp³-hybridized carbons (Fsp3) is 0.414. The summed E-state index contributed by atoms with van der Waals surface area (Å²) in [6.07, 6.45) is 5.63. The van der Waals surface area contributed by atoms with Gasteiger partial charge in [0.15, 0.2) is 0 Å². The number of benzene rings is 2. The number of aliphatic hydroxyl groups excluding tert-OH is 1. The van der Waals surface area contributed by atoms with Crippen LogP contribution in [0.5, 0.6) is 0 Å². The number of amides is 1. The number of nitrogens with zero attached hydrogens (tertiary/aromatic N) is 3. The van der Waals surface area contributed by atoms with Crippen molar-refractivity contribution in [2.75, 3.05) is 58.4 Å². The van der Waals surface area contributed by atoms with Crippen molar-refractivity contribution < 1.29 is 19.0 Å². The van der Waals surface area contributed by atoms with Crippen LogP contribution < -0.4 is 5.32 Å². The summed E-state index contributed by atoms with van der Waals surface area (Å²) in [4.78, 5) is 17.6. The Morgan fingerprint density at radius 3 is 2.59 bits per heavy atom. The van der Waals surface area contributed by atoms with Gasteiger partial charge in [0, 0.05) is 75.1 Å². The number of aryl methyl sites for hydroxylation is 1. The molecule has 0 radical (unpaired) electrons. The third-order valence-corrected chi connectivity index (χ3v) is 7.27. The lowest BCUT2D eigenvalue weighted by atomic mass is 10.0. The van der Waals surface area contributed by atoms with Gasteiger partial charge in [0.2, 0.25) is 0 Å². The average molecular weight is 507 g/mol. The van der Waals surface area contributed by atoms with Crippen molar-refractivity contribution in [3.63, 3.8) is 0 Å². The van der Waals surface area contributed by atoms with Crippen LogP contribution in [0, 0.1) is 32.0 Å². The first-order chi connectivity index (χ1) is 17.9. The maximum absolute atomic E-state index is 13.7. The molecule has 0 unspecified atom stereocenters. The minimum atomic E-state index is -0.370. The van der Waals surface area contributed by atoms with Gasteiger partial charge in [-0.2, -0.15) is 0 Å². The van der Waals surface area contributed by atoms with Gasteiger partial charge in [0.05, 0.1) is 24.4 Å². The van der Waals surface area contributed by atoms with E-state index in [2.05, 4.69) is 34.6 Å². The highest BCUT2D eigenvalue weighted by Gasteiger charge is 2.24. The Balaban J connectivity index is 1.72. The zero-order chi connectivity index (χ0) is 26.5. The van der Waals surface area contributed by atoms with Crippen molar-refractivity contribution in [3.8, 4) is 12.3 Å². The number of ether oxygens (including phenoxy) is 1. The molecule has 1 saturated heterocycles. The van der Waals surface area contributed by atoms with Crippen molar-refractivity contribution in [1.29, 1.82) is 0 Å². The number of nitrogens with one attached hydrogen (secondary N) is 1. The number of hydrogen-bond acceptors (Lipinski definition) is 5. The molecule has 1 aliphatic rings. The monoisotopic (exact) mass is 506 g/mol. The van der Waals surface area contributed by atoms with Crippen molar-refractivity contribution in [3.05, 3.63) is 64.1 Å². The van der Waals surface area contributed by atoms with Gasteiger partial charge in [0.1, 0.15) is 5.82 Å². The zero-order valence-electron chi connectivity index (χ0n) is 21.8. The van der Waals surface area contributed by atoms with Crippen molar-refractivity contribution in [1.82, 2.24) is 14.4 Å². The molecule has 1 fully saturated rings. The maximum Gasteiger partial charge on any atom is 0.254 e. The van der Waals surface area contributed by atoms with Crippen LogP contribution in [-0.4, -0.2) is 78.4 Å². The molecule has 0 aliphatic carbocycles. The van der Waals surface area contributed by atoms with E-state index in [9.17, 15) is 14.3 Å². The minimum absolute atomic E-state index is 0.0126. The summed E-state index contributed by atoms with van der Waals surface area (Å²) in [5, 5.41) is 13.7. The van der Waals surface area contributed by atoms with Gasteiger partial charge in [-0.1, -0.05) is 12.0 Å². The number of hydrogen-bond donors (Lipinski definition) is 2. The van der Waals surface area contributed by atoms with E-state index in [0.717, 1.165) is 46.5 Å². The summed E-state index contributed by atoms with van der Waals surface area (Å²) in [5.74, 6) is 2.18. The molecule has 0 bridgehead atoms. The molecule has 2 aromatic carbocycles. The van der Waals surface area contributed by atoms with Crippen molar-refractivity contribution in [2.24, 2.45) is 0 Å². The van der Waals surface area contributed by atoms with Crippen molar-refractivity contribution in [2.45, 2.75) is 26.9 Å². The number of β-amino-alcohol motifs (C(OH)–C–C–N with tert-alkyl or cyclic N) is 1. The summed E-state index contributed by atoms with van der Waals surface area (Å²) in [6, 6.07) is 8.35. The number of rotatable bonds is 9. The van der Waals surface area contributed by atoms with E-state index in [1.165, 1.54) is 12.1 Å². The molecule has 4 rings (SSSR count). The third-order valence-electron chi connectivity index (χ3n) is 7.27. The number of carbonyl (C=O) groups excluding carboxylic acids is 1.